The number of anilines is 1. The Hall–Kier alpha value is -2.12. The highest BCUT2D eigenvalue weighted by atomic mass is 16.5. The molecule has 0 unspecified atom stereocenters. The molecule has 0 bridgehead atoms. The number of nitrogens with zero attached hydrogens (tertiary/aromatic N) is 3. The summed E-state index contributed by atoms with van der Waals surface area (Å²) in [5, 5.41) is 0. The van der Waals surface area contributed by atoms with E-state index in [1.807, 2.05) is 0 Å². The molecular weight excluding hydrogens is 354 g/mol. The molecule has 1 spiro atoms. The van der Waals surface area contributed by atoms with E-state index < -0.39 is 0 Å². The van der Waals surface area contributed by atoms with Gasteiger partial charge in [-0.3, -0.25) is 0 Å². The van der Waals surface area contributed by atoms with Crippen molar-refractivity contribution in [3.05, 3.63) is 41.2 Å². The summed E-state index contributed by atoms with van der Waals surface area (Å²) in [6.07, 6.45) is 10.5. The van der Waals surface area contributed by atoms with E-state index in [0.717, 1.165) is 75.5 Å². The minimum atomic E-state index is 0.0265. The van der Waals surface area contributed by atoms with Gasteiger partial charge in [0.05, 0.1) is 29.7 Å². The van der Waals surface area contributed by atoms with E-state index in [-0.39, 0.29) is 17.2 Å². The number of hydrogen-bond donors (Lipinski definition) is 2. The third-order valence-corrected chi connectivity index (χ3v) is 6.65. The first-order chi connectivity index (χ1) is 13.6. The van der Waals surface area contributed by atoms with Crippen molar-refractivity contribution in [2.45, 2.75) is 62.7 Å². The number of aromatic nitrogens is 2. The second kappa shape index (κ2) is 5.94. The summed E-state index contributed by atoms with van der Waals surface area (Å²) in [7, 11) is 0. The average Bonchev–Trinajstić information content (AvgIpc) is 3.59. The Morgan fingerprint density at radius 3 is 2.93 bits per heavy atom. The van der Waals surface area contributed by atoms with Crippen molar-refractivity contribution < 1.29 is 9.47 Å². The lowest BCUT2D eigenvalue weighted by atomic mass is 9.96. The van der Waals surface area contributed by atoms with Crippen molar-refractivity contribution in [2.24, 2.45) is 0 Å². The van der Waals surface area contributed by atoms with Crippen LogP contribution in [0.2, 0.25) is 0 Å². The van der Waals surface area contributed by atoms with Crippen LogP contribution in [0, 0.1) is 0 Å². The maximum Gasteiger partial charge on any atom is 0.132 e. The van der Waals surface area contributed by atoms with E-state index >= 15 is 0 Å². The lowest BCUT2D eigenvalue weighted by Crippen LogP contribution is -2.44. The number of nitrogens with one attached hydrogen (secondary N) is 2. The van der Waals surface area contributed by atoms with E-state index in [4.69, 9.17) is 9.47 Å². The van der Waals surface area contributed by atoms with Crippen LogP contribution in [-0.4, -0.2) is 40.9 Å². The van der Waals surface area contributed by atoms with Crippen LogP contribution in [0.1, 0.15) is 57.2 Å². The van der Waals surface area contributed by atoms with E-state index in [1.165, 1.54) is 11.3 Å². The predicted molar refractivity (Wildman–Crippen MR) is 104 cm³/mol. The Balaban J connectivity index is 1.25. The van der Waals surface area contributed by atoms with Crippen molar-refractivity contribution >= 4 is 5.82 Å². The van der Waals surface area contributed by atoms with Crippen LogP contribution in [0.3, 0.4) is 0 Å². The normalized spacial score (nSPS) is 29.2. The second-order valence-electron chi connectivity index (χ2n) is 9.05. The van der Waals surface area contributed by atoms with Crippen molar-refractivity contribution in [2.75, 3.05) is 24.6 Å². The first-order valence-corrected chi connectivity index (χ1v) is 10.5. The maximum atomic E-state index is 6.25. The molecule has 2 aliphatic heterocycles. The van der Waals surface area contributed by atoms with Gasteiger partial charge in [-0.1, -0.05) is 0 Å². The van der Waals surface area contributed by atoms with Crippen LogP contribution in [0.5, 0.6) is 0 Å². The summed E-state index contributed by atoms with van der Waals surface area (Å²) in [4.78, 5) is 11.5. The van der Waals surface area contributed by atoms with E-state index in [2.05, 4.69) is 44.8 Å². The number of ether oxygens (including phenoxy) is 2. The quantitative estimate of drug-likeness (QED) is 0.830. The summed E-state index contributed by atoms with van der Waals surface area (Å²) >= 11 is 0. The minimum Gasteiger partial charge on any atom is -0.492 e. The van der Waals surface area contributed by atoms with Gasteiger partial charge < -0.3 is 19.8 Å². The maximum absolute atomic E-state index is 6.25. The molecule has 0 aromatic carbocycles. The fourth-order valence-corrected chi connectivity index (χ4v) is 4.44. The third-order valence-electron chi connectivity index (χ3n) is 6.65. The SMILES string of the molecule is CC1(OC2=CC3=C(CC2)NN[C@H]3c2cc(N3CCOC4(CC4)C3)ncn2)CC1. The topological polar surface area (TPSA) is 71.5 Å². The molecule has 28 heavy (non-hydrogen) atoms. The standard InChI is InChI=1S/C21H27N5O2/c1-20(4-5-20)28-14-2-3-16-15(10-14)19(25-24-16)17-11-18(23-13-22-17)26-8-9-27-21(12-26)6-7-21/h10-11,13,19,24-25H,2-9,12H2,1H3/t19-/m1/s1. The number of hydrogen-bond acceptors (Lipinski definition) is 7. The molecule has 148 valence electrons. The molecular formula is C21H27N5O2. The Morgan fingerprint density at radius 1 is 1.21 bits per heavy atom. The van der Waals surface area contributed by atoms with Crippen LogP contribution in [0.15, 0.2) is 35.5 Å². The summed E-state index contributed by atoms with van der Waals surface area (Å²) < 4.78 is 12.2. The van der Waals surface area contributed by atoms with Gasteiger partial charge in [0.2, 0.25) is 0 Å². The first-order valence-electron chi connectivity index (χ1n) is 10.5. The number of rotatable bonds is 4. The summed E-state index contributed by atoms with van der Waals surface area (Å²) in [6, 6.07) is 2.15. The Labute approximate surface area is 165 Å². The van der Waals surface area contributed by atoms with Crippen LogP contribution in [-0.2, 0) is 9.47 Å². The zero-order valence-corrected chi connectivity index (χ0v) is 16.3. The zero-order valence-electron chi connectivity index (χ0n) is 16.3. The van der Waals surface area contributed by atoms with Crippen LogP contribution in [0.4, 0.5) is 5.82 Å². The summed E-state index contributed by atoms with van der Waals surface area (Å²) in [5.41, 5.74) is 10.4. The fourth-order valence-electron chi connectivity index (χ4n) is 4.44. The van der Waals surface area contributed by atoms with Gasteiger partial charge in [-0.15, -0.1) is 0 Å². The molecule has 1 aromatic heterocycles. The second-order valence-corrected chi connectivity index (χ2v) is 9.05. The van der Waals surface area contributed by atoms with Crippen molar-refractivity contribution in [1.82, 2.24) is 20.8 Å². The molecule has 3 heterocycles. The van der Waals surface area contributed by atoms with Gasteiger partial charge in [-0.25, -0.2) is 15.4 Å². The molecule has 5 aliphatic rings. The third kappa shape index (κ3) is 2.97. The average molecular weight is 381 g/mol. The fraction of sp³-hybridized carbons (Fsp3) is 0.619. The largest absolute Gasteiger partial charge is 0.492 e. The van der Waals surface area contributed by atoms with Gasteiger partial charge in [-0.2, -0.15) is 0 Å². The lowest BCUT2D eigenvalue weighted by molar-refractivity contribution is 0.0203. The predicted octanol–water partition coefficient (Wildman–Crippen LogP) is 2.50. The Bertz CT molecular complexity index is 871. The Kier molecular flexibility index (Phi) is 3.56. The van der Waals surface area contributed by atoms with E-state index in [1.54, 1.807) is 6.33 Å². The molecule has 6 rings (SSSR count). The molecule has 0 radical (unpaired) electrons. The molecule has 7 heteroatoms. The van der Waals surface area contributed by atoms with E-state index in [0.29, 0.717) is 0 Å². The van der Waals surface area contributed by atoms with Gasteiger partial charge in [0.25, 0.3) is 0 Å². The van der Waals surface area contributed by atoms with E-state index in [9.17, 15) is 0 Å². The molecule has 3 fully saturated rings. The highest BCUT2D eigenvalue weighted by molar-refractivity contribution is 5.46. The zero-order chi connectivity index (χ0) is 18.8. The summed E-state index contributed by atoms with van der Waals surface area (Å²) in [6.45, 7) is 4.80. The van der Waals surface area contributed by atoms with Gasteiger partial charge in [0.15, 0.2) is 0 Å². The van der Waals surface area contributed by atoms with Crippen molar-refractivity contribution in [3.63, 3.8) is 0 Å². The molecule has 1 atom stereocenters. The van der Waals surface area contributed by atoms with Gasteiger partial charge in [-0.05, 0) is 45.1 Å². The smallest absolute Gasteiger partial charge is 0.132 e. The monoisotopic (exact) mass is 381 g/mol. The first kappa shape index (κ1) is 16.8. The number of allylic oxidation sites excluding steroid dienone is 2. The number of hydrazine groups is 1. The van der Waals surface area contributed by atoms with Crippen molar-refractivity contribution in [1.29, 1.82) is 0 Å². The molecule has 1 aromatic rings. The molecule has 3 aliphatic carbocycles. The molecule has 2 N–H and O–H groups in total. The Morgan fingerprint density at radius 2 is 2.11 bits per heavy atom. The molecule has 2 saturated carbocycles. The summed E-state index contributed by atoms with van der Waals surface area (Å²) in [5.74, 6) is 2.10. The highest BCUT2D eigenvalue weighted by Crippen LogP contribution is 2.44. The van der Waals surface area contributed by atoms with Gasteiger partial charge >= 0.3 is 0 Å². The van der Waals surface area contributed by atoms with Crippen LogP contribution < -0.4 is 15.8 Å². The van der Waals surface area contributed by atoms with Crippen molar-refractivity contribution in [3.8, 4) is 0 Å². The lowest BCUT2D eigenvalue weighted by Gasteiger charge is -2.34. The minimum absolute atomic E-state index is 0.0265. The van der Waals surface area contributed by atoms with Gasteiger partial charge in [0.1, 0.15) is 17.7 Å². The molecule has 1 saturated heterocycles. The number of morpholine rings is 1. The van der Waals surface area contributed by atoms with Crippen LogP contribution in [0.25, 0.3) is 0 Å². The van der Waals surface area contributed by atoms with Crippen LogP contribution >= 0.6 is 0 Å². The van der Waals surface area contributed by atoms with Gasteiger partial charge in [0, 0.05) is 36.8 Å². The molecule has 0 amide bonds. The molecule has 7 nitrogen and oxygen atoms in total. The highest BCUT2D eigenvalue weighted by Gasteiger charge is 2.48.